The third-order valence-electron chi connectivity index (χ3n) is 4.07. The van der Waals surface area contributed by atoms with E-state index in [1.165, 1.54) is 29.7 Å². The lowest BCUT2D eigenvalue weighted by Crippen LogP contribution is -2.03. The number of anilines is 1. The molecule has 0 unspecified atom stereocenters. The first-order valence-electron chi connectivity index (χ1n) is 7.52. The summed E-state index contributed by atoms with van der Waals surface area (Å²) in [6.07, 6.45) is 8.33. The lowest BCUT2D eigenvalue weighted by atomic mass is 9.97. The molecule has 3 aromatic heterocycles. The Bertz CT molecular complexity index is 832. The van der Waals surface area contributed by atoms with Gasteiger partial charge in [0.25, 0.3) is 0 Å². The van der Waals surface area contributed by atoms with Crippen LogP contribution in [0.1, 0.15) is 35.9 Å². The molecule has 0 saturated carbocycles. The summed E-state index contributed by atoms with van der Waals surface area (Å²) in [5.41, 5.74) is 6.46. The van der Waals surface area contributed by atoms with Gasteiger partial charge in [-0.3, -0.25) is 5.43 Å². The molecule has 0 atom stereocenters. The smallest absolute Gasteiger partial charge is 0.158 e. The Morgan fingerprint density at radius 2 is 2.23 bits per heavy atom. The molecule has 112 valence electrons. The number of fused-ring (bicyclic) bond motifs is 3. The Balaban J connectivity index is 1.73. The van der Waals surface area contributed by atoms with Crippen molar-refractivity contribution in [2.75, 3.05) is 5.43 Å². The first kappa shape index (κ1) is 13.5. The Hall–Kier alpha value is -2.21. The molecule has 0 aliphatic heterocycles. The van der Waals surface area contributed by atoms with E-state index in [0.717, 1.165) is 33.9 Å². The molecule has 1 aliphatic rings. The summed E-state index contributed by atoms with van der Waals surface area (Å²) in [7, 11) is 0. The molecule has 1 aliphatic carbocycles. The third kappa shape index (κ3) is 2.29. The summed E-state index contributed by atoms with van der Waals surface area (Å²) in [5.74, 6) is 0.815. The molecule has 0 radical (unpaired) electrons. The van der Waals surface area contributed by atoms with Crippen molar-refractivity contribution in [3.63, 3.8) is 0 Å². The van der Waals surface area contributed by atoms with Gasteiger partial charge in [0.15, 0.2) is 5.82 Å². The fraction of sp³-hybridized carbons (Fsp3) is 0.312. The van der Waals surface area contributed by atoms with Crippen molar-refractivity contribution in [1.29, 1.82) is 0 Å². The van der Waals surface area contributed by atoms with Crippen molar-refractivity contribution < 1.29 is 0 Å². The van der Waals surface area contributed by atoms with Gasteiger partial charge in [0.1, 0.15) is 11.2 Å². The first-order chi connectivity index (χ1) is 10.8. The van der Waals surface area contributed by atoms with E-state index in [1.807, 2.05) is 25.3 Å². The highest BCUT2D eigenvalue weighted by atomic mass is 32.1. The highest BCUT2D eigenvalue weighted by Crippen LogP contribution is 2.38. The van der Waals surface area contributed by atoms with E-state index in [1.54, 1.807) is 17.7 Å². The maximum absolute atomic E-state index is 4.47. The molecular formula is C16H17N5S. The minimum Gasteiger partial charge on any atom is -0.360 e. The number of H-pyrrole nitrogens is 1. The maximum atomic E-state index is 4.47. The third-order valence-corrected chi connectivity index (χ3v) is 5.27. The van der Waals surface area contributed by atoms with Gasteiger partial charge in [0, 0.05) is 11.1 Å². The first-order valence-corrected chi connectivity index (χ1v) is 8.34. The lowest BCUT2D eigenvalue weighted by molar-refractivity contribution is 0.700. The van der Waals surface area contributed by atoms with Crippen molar-refractivity contribution in [1.82, 2.24) is 15.0 Å². The Labute approximate surface area is 132 Å². The van der Waals surface area contributed by atoms with Gasteiger partial charge in [-0.25, -0.2) is 9.97 Å². The Morgan fingerprint density at radius 1 is 1.32 bits per heavy atom. The Morgan fingerprint density at radius 3 is 3.09 bits per heavy atom. The molecule has 6 heteroatoms. The van der Waals surface area contributed by atoms with Gasteiger partial charge in [0.05, 0.1) is 16.8 Å². The van der Waals surface area contributed by atoms with Crippen LogP contribution in [0, 0.1) is 0 Å². The molecule has 0 bridgehead atoms. The van der Waals surface area contributed by atoms with Gasteiger partial charge in [0.2, 0.25) is 0 Å². The van der Waals surface area contributed by atoms with Crippen molar-refractivity contribution >= 4 is 33.1 Å². The van der Waals surface area contributed by atoms with Crippen LogP contribution in [0.3, 0.4) is 0 Å². The number of hydrazone groups is 1. The summed E-state index contributed by atoms with van der Waals surface area (Å²) in [6.45, 7) is 1.97. The van der Waals surface area contributed by atoms with Crippen LogP contribution in [0.4, 0.5) is 5.82 Å². The second-order valence-electron chi connectivity index (χ2n) is 5.51. The van der Waals surface area contributed by atoms with E-state index in [0.29, 0.717) is 0 Å². The second-order valence-corrected chi connectivity index (χ2v) is 6.59. The minimum absolute atomic E-state index is 0.815. The largest absolute Gasteiger partial charge is 0.360 e. The van der Waals surface area contributed by atoms with Crippen LogP contribution in [-0.2, 0) is 12.8 Å². The monoisotopic (exact) mass is 311 g/mol. The molecule has 3 aromatic rings. The SMILES string of the molecule is C/C(=N\Nc1ncnc2sc3c(c12)CCCC3)c1ccc[nH]1. The van der Waals surface area contributed by atoms with Crippen molar-refractivity contribution in [3.05, 3.63) is 40.8 Å². The van der Waals surface area contributed by atoms with E-state index < -0.39 is 0 Å². The molecule has 0 aromatic carbocycles. The fourth-order valence-corrected chi connectivity index (χ4v) is 4.16. The van der Waals surface area contributed by atoms with Gasteiger partial charge >= 0.3 is 0 Å². The number of thiophene rings is 1. The predicted octanol–water partition coefficient (Wildman–Crippen LogP) is 3.73. The van der Waals surface area contributed by atoms with Crippen LogP contribution in [-0.4, -0.2) is 20.7 Å². The molecule has 4 rings (SSSR count). The molecule has 5 nitrogen and oxygen atoms in total. The minimum atomic E-state index is 0.815. The average Bonchev–Trinajstić information content (AvgIpc) is 3.19. The van der Waals surface area contributed by atoms with Crippen molar-refractivity contribution in [2.24, 2.45) is 5.10 Å². The molecule has 3 heterocycles. The van der Waals surface area contributed by atoms with Crippen LogP contribution in [0.15, 0.2) is 29.8 Å². The number of hydrogen-bond donors (Lipinski definition) is 2. The molecule has 2 N–H and O–H groups in total. The summed E-state index contributed by atoms with van der Waals surface area (Å²) in [6, 6.07) is 3.97. The second kappa shape index (κ2) is 5.53. The van der Waals surface area contributed by atoms with Crippen molar-refractivity contribution in [2.45, 2.75) is 32.6 Å². The zero-order valence-electron chi connectivity index (χ0n) is 12.4. The van der Waals surface area contributed by atoms with E-state index in [9.17, 15) is 0 Å². The highest BCUT2D eigenvalue weighted by molar-refractivity contribution is 7.19. The van der Waals surface area contributed by atoms with Crippen LogP contribution >= 0.6 is 11.3 Å². The van der Waals surface area contributed by atoms with Gasteiger partial charge in [-0.05, 0) is 50.3 Å². The van der Waals surface area contributed by atoms with E-state index in [4.69, 9.17) is 0 Å². The number of hydrogen-bond acceptors (Lipinski definition) is 5. The summed E-state index contributed by atoms with van der Waals surface area (Å²) in [4.78, 5) is 14.5. The summed E-state index contributed by atoms with van der Waals surface area (Å²) < 4.78 is 0. The number of nitrogens with zero attached hydrogens (tertiary/aromatic N) is 3. The van der Waals surface area contributed by atoms with E-state index in [-0.39, 0.29) is 0 Å². The number of aromatic nitrogens is 3. The highest BCUT2D eigenvalue weighted by Gasteiger charge is 2.19. The number of aryl methyl sites for hydroxylation is 2. The van der Waals surface area contributed by atoms with Gasteiger partial charge in [-0.2, -0.15) is 5.10 Å². The normalized spacial score (nSPS) is 15.0. The summed E-state index contributed by atoms with van der Waals surface area (Å²) >= 11 is 1.80. The number of nitrogens with one attached hydrogen (secondary N) is 2. The molecule has 0 amide bonds. The summed E-state index contributed by atoms with van der Waals surface area (Å²) in [5, 5.41) is 5.62. The van der Waals surface area contributed by atoms with Gasteiger partial charge in [-0.1, -0.05) is 0 Å². The van der Waals surface area contributed by atoms with E-state index in [2.05, 4.69) is 25.5 Å². The lowest BCUT2D eigenvalue weighted by Gasteiger charge is -2.11. The maximum Gasteiger partial charge on any atom is 0.158 e. The zero-order valence-corrected chi connectivity index (χ0v) is 13.2. The number of aromatic amines is 1. The Kier molecular flexibility index (Phi) is 3.38. The van der Waals surface area contributed by atoms with Crippen LogP contribution in [0.25, 0.3) is 10.2 Å². The molecular weight excluding hydrogens is 294 g/mol. The van der Waals surface area contributed by atoms with Crippen molar-refractivity contribution in [3.8, 4) is 0 Å². The van der Waals surface area contributed by atoms with Crippen LogP contribution in [0.5, 0.6) is 0 Å². The fourth-order valence-electron chi connectivity index (χ4n) is 2.93. The van der Waals surface area contributed by atoms with Crippen LogP contribution < -0.4 is 5.43 Å². The zero-order chi connectivity index (χ0) is 14.9. The molecule has 0 fully saturated rings. The van der Waals surface area contributed by atoms with E-state index >= 15 is 0 Å². The molecule has 22 heavy (non-hydrogen) atoms. The predicted molar refractivity (Wildman–Crippen MR) is 90.7 cm³/mol. The topological polar surface area (TPSA) is 66.0 Å². The van der Waals surface area contributed by atoms with Gasteiger partial charge in [-0.15, -0.1) is 11.3 Å². The number of rotatable bonds is 3. The standard InChI is InChI=1S/C16H17N5S/c1-10(12-6-4-8-17-12)20-21-15-14-11-5-2-3-7-13(11)22-16(14)19-9-18-15/h4,6,8-9,17H,2-3,5,7H2,1H3,(H,18,19,21)/b20-10+. The average molecular weight is 311 g/mol. The quantitative estimate of drug-likeness (QED) is 0.572. The molecule has 0 spiro atoms. The van der Waals surface area contributed by atoms with Crippen LogP contribution in [0.2, 0.25) is 0 Å². The van der Waals surface area contributed by atoms with Gasteiger partial charge < -0.3 is 4.98 Å². The molecule has 0 saturated heterocycles.